The van der Waals surface area contributed by atoms with E-state index < -0.39 is 0 Å². The maximum absolute atomic E-state index is 12.7. The lowest BCUT2D eigenvalue weighted by molar-refractivity contribution is 0.0549. The number of hydrogen-bond acceptors (Lipinski definition) is 4. The summed E-state index contributed by atoms with van der Waals surface area (Å²) < 4.78 is 0. The Hall–Kier alpha value is -1.92. The molecule has 3 amide bonds. The summed E-state index contributed by atoms with van der Waals surface area (Å²) in [6.45, 7) is 1.39. The van der Waals surface area contributed by atoms with Crippen molar-refractivity contribution in [1.29, 1.82) is 0 Å². The zero-order valence-electron chi connectivity index (χ0n) is 15.0. The van der Waals surface area contributed by atoms with Crippen LogP contribution in [-0.2, 0) is 0 Å². The highest BCUT2D eigenvalue weighted by atomic mass is 35.5. The van der Waals surface area contributed by atoms with Crippen molar-refractivity contribution in [1.82, 2.24) is 15.5 Å². The van der Waals surface area contributed by atoms with E-state index in [2.05, 4.69) is 10.6 Å². The molecule has 0 saturated heterocycles. The van der Waals surface area contributed by atoms with Crippen molar-refractivity contribution in [2.75, 3.05) is 20.1 Å². The van der Waals surface area contributed by atoms with Crippen molar-refractivity contribution in [2.45, 2.75) is 44.6 Å². The van der Waals surface area contributed by atoms with Crippen molar-refractivity contribution >= 4 is 30.1 Å². The fourth-order valence-electron chi connectivity index (χ4n) is 3.64. The molecule has 0 spiro atoms. The molecule has 6 nitrogen and oxygen atoms in total. The van der Waals surface area contributed by atoms with Crippen LogP contribution in [0.2, 0.25) is 0 Å². The summed E-state index contributed by atoms with van der Waals surface area (Å²) in [5.41, 5.74) is 1.20. The molecule has 2 aliphatic rings. The Morgan fingerprint density at radius 3 is 2.46 bits per heavy atom. The molecule has 1 heterocycles. The van der Waals surface area contributed by atoms with Gasteiger partial charge in [0.2, 0.25) is 0 Å². The Labute approximate surface area is 160 Å². The zero-order valence-corrected chi connectivity index (χ0v) is 15.9. The van der Waals surface area contributed by atoms with E-state index in [4.69, 9.17) is 0 Å². The largest absolute Gasteiger partial charge is 0.352 e. The van der Waals surface area contributed by atoms with Crippen molar-refractivity contribution < 1.29 is 14.4 Å². The standard InChI is InChI=1S/C19H25N3O3.ClH/c1-20-10-5-11-21-17(23)13-8-9-15-16(12-13)19(25)22(18(15)24)14-6-3-2-4-7-14;/h8-9,12,14,20H,2-7,10-11H2,1H3,(H,21,23);1H. The highest BCUT2D eigenvalue weighted by molar-refractivity contribution is 6.22. The first kappa shape index (κ1) is 20.4. The van der Waals surface area contributed by atoms with Gasteiger partial charge in [-0.3, -0.25) is 19.3 Å². The summed E-state index contributed by atoms with van der Waals surface area (Å²) in [4.78, 5) is 39.0. The number of imide groups is 1. The minimum Gasteiger partial charge on any atom is -0.352 e. The van der Waals surface area contributed by atoms with Gasteiger partial charge in [-0.25, -0.2) is 0 Å². The number of carbonyl (C=O) groups is 3. The molecular formula is C19H26ClN3O3. The van der Waals surface area contributed by atoms with Crippen molar-refractivity contribution in [3.05, 3.63) is 34.9 Å². The number of benzene rings is 1. The molecule has 1 aliphatic carbocycles. The number of nitrogens with zero attached hydrogens (tertiary/aromatic N) is 1. The van der Waals surface area contributed by atoms with Crippen LogP contribution in [0.15, 0.2) is 18.2 Å². The normalized spacial score (nSPS) is 17.0. The smallest absolute Gasteiger partial charge is 0.261 e. The number of rotatable bonds is 6. The van der Waals surface area contributed by atoms with E-state index in [0.29, 0.717) is 23.2 Å². The maximum Gasteiger partial charge on any atom is 0.261 e. The minimum absolute atomic E-state index is 0. The SMILES string of the molecule is CNCCCNC(=O)c1ccc2c(c1)C(=O)N(C1CCCCC1)C2=O.Cl. The van der Waals surface area contributed by atoms with E-state index in [9.17, 15) is 14.4 Å². The van der Waals surface area contributed by atoms with Crippen LogP contribution in [0.25, 0.3) is 0 Å². The maximum atomic E-state index is 12.7. The summed E-state index contributed by atoms with van der Waals surface area (Å²) in [7, 11) is 1.86. The first-order valence-corrected chi connectivity index (χ1v) is 9.08. The van der Waals surface area contributed by atoms with Gasteiger partial charge in [0.05, 0.1) is 11.1 Å². The molecule has 1 aromatic rings. The monoisotopic (exact) mass is 379 g/mol. The summed E-state index contributed by atoms with van der Waals surface area (Å²) >= 11 is 0. The van der Waals surface area contributed by atoms with Crippen LogP contribution in [0.1, 0.15) is 69.6 Å². The average molecular weight is 380 g/mol. The van der Waals surface area contributed by atoms with E-state index in [1.165, 1.54) is 4.90 Å². The third-order valence-corrected chi connectivity index (χ3v) is 5.01. The van der Waals surface area contributed by atoms with Gasteiger partial charge in [-0.15, -0.1) is 12.4 Å². The zero-order chi connectivity index (χ0) is 17.8. The predicted octanol–water partition coefficient (Wildman–Crippen LogP) is 2.38. The van der Waals surface area contributed by atoms with Crippen molar-refractivity contribution in [3.63, 3.8) is 0 Å². The molecule has 142 valence electrons. The van der Waals surface area contributed by atoms with E-state index in [-0.39, 0.29) is 36.2 Å². The van der Waals surface area contributed by atoms with Gasteiger partial charge >= 0.3 is 0 Å². The Balaban J connectivity index is 0.00000243. The Kier molecular flexibility index (Phi) is 7.17. The number of carbonyl (C=O) groups excluding carboxylic acids is 3. The predicted molar refractivity (Wildman–Crippen MR) is 102 cm³/mol. The second-order valence-corrected chi connectivity index (χ2v) is 6.75. The van der Waals surface area contributed by atoms with Gasteiger partial charge in [-0.2, -0.15) is 0 Å². The molecule has 0 atom stereocenters. The van der Waals surface area contributed by atoms with Crippen LogP contribution < -0.4 is 10.6 Å². The Morgan fingerprint density at radius 2 is 1.77 bits per heavy atom. The summed E-state index contributed by atoms with van der Waals surface area (Å²) in [5, 5.41) is 5.86. The molecule has 26 heavy (non-hydrogen) atoms. The fourth-order valence-corrected chi connectivity index (χ4v) is 3.64. The van der Waals surface area contributed by atoms with Crippen molar-refractivity contribution in [2.24, 2.45) is 0 Å². The van der Waals surface area contributed by atoms with E-state index >= 15 is 0 Å². The number of hydrogen-bond donors (Lipinski definition) is 2. The molecular weight excluding hydrogens is 354 g/mol. The molecule has 7 heteroatoms. The second kappa shape index (κ2) is 9.14. The van der Waals surface area contributed by atoms with Gasteiger partial charge in [0, 0.05) is 18.2 Å². The lowest BCUT2D eigenvalue weighted by atomic mass is 9.94. The highest BCUT2D eigenvalue weighted by Crippen LogP contribution is 2.31. The molecule has 3 rings (SSSR count). The van der Waals surface area contributed by atoms with E-state index in [1.807, 2.05) is 7.05 Å². The molecule has 0 bridgehead atoms. The van der Waals surface area contributed by atoms with Crippen LogP contribution in [0, 0.1) is 0 Å². The van der Waals surface area contributed by atoms with Crippen LogP contribution in [0.3, 0.4) is 0 Å². The quantitative estimate of drug-likeness (QED) is 0.587. The van der Waals surface area contributed by atoms with Gasteiger partial charge in [0.25, 0.3) is 17.7 Å². The highest BCUT2D eigenvalue weighted by Gasteiger charge is 2.40. The molecule has 0 aromatic heterocycles. The number of nitrogens with one attached hydrogen (secondary N) is 2. The molecule has 1 aromatic carbocycles. The Bertz CT molecular complexity index is 687. The van der Waals surface area contributed by atoms with Gasteiger partial charge < -0.3 is 10.6 Å². The lowest BCUT2D eigenvalue weighted by Gasteiger charge is -2.29. The second-order valence-electron chi connectivity index (χ2n) is 6.75. The van der Waals surface area contributed by atoms with Crippen LogP contribution in [0.5, 0.6) is 0 Å². The van der Waals surface area contributed by atoms with Gasteiger partial charge in [0.1, 0.15) is 0 Å². The topological polar surface area (TPSA) is 78.5 Å². The molecule has 1 saturated carbocycles. The van der Waals surface area contributed by atoms with Gasteiger partial charge in [-0.05, 0) is 51.1 Å². The first-order chi connectivity index (χ1) is 12.1. The number of fused-ring (bicyclic) bond motifs is 1. The van der Waals surface area contributed by atoms with E-state index in [1.54, 1.807) is 18.2 Å². The summed E-state index contributed by atoms with van der Waals surface area (Å²) in [6, 6.07) is 4.80. The number of halogens is 1. The van der Waals surface area contributed by atoms with Gasteiger partial charge in [-0.1, -0.05) is 19.3 Å². The van der Waals surface area contributed by atoms with Crippen molar-refractivity contribution in [3.8, 4) is 0 Å². The van der Waals surface area contributed by atoms with Crippen LogP contribution in [-0.4, -0.2) is 48.8 Å². The molecule has 2 N–H and O–H groups in total. The van der Waals surface area contributed by atoms with Crippen LogP contribution >= 0.6 is 12.4 Å². The van der Waals surface area contributed by atoms with Crippen LogP contribution in [0.4, 0.5) is 0 Å². The van der Waals surface area contributed by atoms with Gasteiger partial charge in [0.15, 0.2) is 0 Å². The Morgan fingerprint density at radius 1 is 1.08 bits per heavy atom. The van der Waals surface area contributed by atoms with E-state index in [0.717, 1.165) is 45.1 Å². The third kappa shape index (κ3) is 4.07. The molecule has 0 radical (unpaired) electrons. The number of amides is 3. The third-order valence-electron chi connectivity index (χ3n) is 5.01. The minimum atomic E-state index is -0.253. The molecule has 0 unspecified atom stereocenters. The molecule has 1 fully saturated rings. The lowest BCUT2D eigenvalue weighted by Crippen LogP contribution is -2.40. The summed E-state index contributed by atoms with van der Waals surface area (Å²) in [5.74, 6) is -0.681. The summed E-state index contributed by atoms with van der Waals surface area (Å²) in [6.07, 6.45) is 5.86. The molecule has 1 aliphatic heterocycles. The fraction of sp³-hybridized carbons (Fsp3) is 0.526. The average Bonchev–Trinajstić information content (AvgIpc) is 2.89. The first-order valence-electron chi connectivity index (χ1n) is 9.08.